The highest BCUT2D eigenvalue weighted by molar-refractivity contribution is 5.25. The minimum atomic E-state index is -0.296. The predicted octanol–water partition coefficient (Wildman–Crippen LogP) is 6.02. The van der Waals surface area contributed by atoms with E-state index in [0.29, 0.717) is 35.5 Å². The molecule has 0 aromatic heterocycles. The number of hydrogen-bond donors (Lipinski definition) is 0. The summed E-state index contributed by atoms with van der Waals surface area (Å²) in [6.45, 7) is 29.0. The summed E-state index contributed by atoms with van der Waals surface area (Å²) in [5.74, 6) is 3.35. The van der Waals surface area contributed by atoms with E-state index in [2.05, 4.69) is 44.0 Å². The third kappa shape index (κ3) is 2.50. The second kappa shape index (κ2) is 5.91. The van der Waals surface area contributed by atoms with Crippen molar-refractivity contribution < 1.29 is 0 Å². The van der Waals surface area contributed by atoms with E-state index in [4.69, 9.17) is 13.1 Å². The molecule has 0 saturated heterocycles. The number of allylic oxidation sites excluding steroid dienone is 1. The van der Waals surface area contributed by atoms with Crippen molar-refractivity contribution in [2.45, 2.75) is 77.3 Å². The molecule has 24 heavy (non-hydrogen) atoms. The fourth-order valence-corrected chi connectivity index (χ4v) is 6.55. The summed E-state index contributed by atoms with van der Waals surface area (Å²) in [5.41, 5.74) is 0.927. The highest BCUT2D eigenvalue weighted by Crippen LogP contribution is 2.63. The van der Waals surface area contributed by atoms with Crippen molar-refractivity contribution in [2.24, 2.45) is 35.5 Å². The van der Waals surface area contributed by atoms with Gasteiger partial charge >= 0.3 is 0 Å². The topological polar surface area (TPSA) is 8.72 Å². The normalized spacial score (nSPS) is 45.0. The largest absolute Gasteiger partial charge is 0.311 e. The molecule has 0 heterocycles. The second-order valence-corrected chi connectivity index (χ2v) is 9.56. The van der Waals surface area contributed by atoms with E-state index in [1.165, 1.54) is 24.8 Å². The average Bonchev–Trinajstić information content (AvgIpc) is 2.54. The van der Waals surface area contributed by atoms with E-state index >= 15 is 0 Å². The Kier molecular flexibility index (Phi) is 4.32. The van der Waals surface area contributed by atoms with E-state index in [0.717, 1.165) is 19.3 Å². The van der Waals surface area contributed by atoms with Crippen molar-refractivity contribution in [3.8, 4) is 0 Å². The maximum Gasteiger partial charge on any atom is 0.239 e. The van der Waals surface area contributed by atoms with Crippen molar-refractivity contribution in [1.29, 1.82) is 0 Å². The first kappa shape index (κ1) is 17.5. The highest BCUT2D eigenvalue weighted by Gasteiger charge is 2.64. The number of hydrogen-bond acceptors (Lipinski definition) is 0. The number of nitrogens with zero attached hydrogens (tertiary/aromatic N) is 2. The SMILES string of the molecule is [C-]#[N+]C(C)(C)C[C@H]1C[C@@H](C)C2CC[C@@H](C)[C@]3([N+]#[C-])CCC(=C)C1C23. The minimum absolute atomic E-state index is 0.163. The highest BCUT2D eigenvalue weighted by atomic mass is 14.9. The van der Waals surface area contributed by atoms with Crippen molar-refractivity contribution in [1.82, 2.24) is 0 Å². The Morgan fingerprint density at radius 2 is 1.96 bits per heavy atom. The van der Waals surface area contributed by atoms with Crippen LogP contribution in [0.25, 0.3) is 9.69 Å². The molecule has 3 saturated carbocycles. The van der Waals surface area contributed by atoms with Gasteiger partial charge in [0.2, 0.25) is 11.1 Å². The molecule has 2 nitrogen and oxygen atoms in total. The molecule has 3 aliphatic rings. The van der Waals surface area contributed by atoms with Crippen LogP contribution in [-0.4, -0.2) is 11.1 Å². The predicted molar refractivity (Wildman–Crippen MR) is 99.1 cm³/mol. The number of rotatable bonds is 2. The van der Waals surface area contributed by atoms with E-state index in [1.54, 1.807) is 0 Å². The molecule has 0 aliphatic heterocycles. The van der Waals surface area contributed by atoms with Gasteiger partial charge in [-0.25, -0.2) is 13.1 Å². The first-order valence-electron chi connectivity index (χ1n) is 9.70. The van der Waals surface area contributed by atoms with Gasteiger partial charge in [0.25, 0.3) is 0 Å². The van der Waals surface area contributed by atoms with Crippen molar-refractivity contribution in [3.63, 3.8) is 0 Å². The lowest BCUT2D eigenvalue weighted by Crippen LogP contribution is -2.59. The van der Waals surface area contributed by atoms with Crippen LogP contribution in [0, 0.1) is 48.7 Å². The van der Waals surface area contributed by atoms with Gasteiger partial charge in [-0.3, -0.25) is 0 Å². The Morgan fingerprint density at radius 3 is 2.58 bits per heavy atom. The molecule has 130 valence electrons. The Bertz CT molecular complexity index is 604. The third-order valence-corrected chi connectivity index (χ3v) is 7.72. The van der Waals surface area contributed by atoms with Gasteiger partial charge in [-0.1, -0.05) is 26.0 Å². The fraction of sp³-hybridized carbons (Fsp3) is 0.818. The molecule has 2 heteroatoms. The van der Waals surface area contributed by atoms with E-state index in [9.17, 15) is 0 Å². The summed E-state index contributed by atoms with van der Waals surface area (Å²) in [6, 6.07) is 0. The van der Waals surface area contributed by atoms with Crippen LogP contribution in [0.4, 0.5) is 0 Å². The lowest BCUT2D eigenvalue weighted by Gasteiger charge is -2.57. The summed E-state index contributed by atoms with van der Waals surface area (Å²) >= 11 is 0. The molecule has 3 rings (SSSR count). The van der Waals surface area contributed by atoms with Gasteiger partial charge in [-0.15, -0.1) is 0 Å². The fourth-order valence-electron chi connectivity index (χ4n) is 6.55. The lowest BCUT2D eigenvalue weighted by molar-refractivity contribution is -0.0537. The molecule has 3 aliphatic carbocycles. The molecule has 0 aromatic rings. The summed E-state index contributed by atoms with van der Waals surface area (Å²) in [6.07, 6.45) is 6.70. The maximum atomic E-state index is 8.08. The van der Waals surface area contributed by atoms with Gasteiger partial charge in [0.05, 0.1) is 0 Å². The van der Waals surface area contributed by atoms with Crippen LogP contribution >= 0.6 is 0 Å². The Labute approximate surface area is 148 Å². The van der Waals surface area contributed by atoms with E-state index < -0.39 is 0 Å². The zero-order chi connectivity index (χ0) is 17.7. The standard InChI is InChI=1S/C22H32N2/c1-14-10-11-22(24-7)16(3)8-9-18-15(2)12-17(19(14)20(18)22)13-21(4,5)23-6/h15-20H,1,8-13H2,2-5H3/t15-,16-,17-,18?,19?,20?,22-/m1/s1. The molecule has 3 unspecified atom stereocenters. The molecule has 0 amide bonds. The first-order chi connectivity index (χ1) is 11.3. The summed E-state index contributed by atoms with van der Waals surface area (Å²) < 4.78 is 0. The van der Waals surface area contributed by atoms with Gasteiger partial charge in [-0.2, -0.15) is 0 Å². The molecular weight excluding hydrogens is 292 g/mol. The zero-order valence-electron chi connectivity index (χ0n) is 15.8. The van der Waals surface area contributed by atoms with E-state index in [1.807, 2.05) is 0 Å². The maximum absolute atomic E-state index is 8.08. The van der Waals surface area contributed by atoms with Crippen LogP contribution in [0.15, 0.2) is 12.2 Å². The smallest absolute Gasteiger partial charge is 0.239 e. The Balaban J connectivity index is 2.03. The first-order valence-corrected chi connectivity index (χ1v) is 9.70. The van der Waals surface area contributed by atoms with E-state index in [-0.39, 0.29) is 11.1 Å². The Morgan fingerprint density at radius 1 is 1.25 bits per heavy atom. The molecular formula is C22H32N2. The zero-order valence-corrected chi connectivity index (χ0v) is 15.8. The van der Waals surface area contributed by atoms with Crippen molar-refractivity contribution >= 4 is 0 Å². The van der Waals surface area contributed by atoms with Gasteiger partial charge < -0.3 is 9.69 Å². The van der Waals surface area contributed by atoms with Crippen LogP contribution in [0.1, 0.15) is 66.2 Å². The van der Waals surface area contributed by atoms with Gasteiger partial charge in [-0.05, 0) is 49.4 Å². The van der Waals surface area contributed by atoms with Gasteiger partial charge in [0.15, 0.2) is 0 Å². The molecule has 0 spiro atoms. The van der Waals surface area contributed by atoms with Gasteiger partial charge in [0, 0.05) is 38.5 Å². The van der Waals surface area contributed by atoms with Crippen molar-refractivity contribution in [3.05, 3.63) is 35.0 Å². The molecule has 0 radical (unpaired) electrons. The summed E-state index contributed by atoms with van der Waals surface area (Å²) in [7, 11) is 0. The molecule has 0 bridgehead atoms. The summed E-state index contributed by atoms with van der Waals surface area (Å²) in [4.78, 5) is 8.22. The molecule has 7 atom stereocenters. The molecule has 0 aromatic carbocycles. The monoisotopic (exact) mass is 324 g/mol. The van der Waals surface area contributed by atoms with Crippen molar-refractivity contribution in [2.75, 3.05) is 0 Å². The second-order valence-electron chi connectivity index (χ2n) is 9.56. The average molecular weight is 325 g/mol. The van der Waals surface area contributed by atoms with Crippen LogP contribution in [0.5, 0.6) is 0 Å². The third-order valence-electron chi connectivity index (χ3n) is 7.72. The molecule has 3 fully saturated rings. The lowest BCUT2D eigenvalue weighted by atomic mass is 9.45. The molecule has 0 N–H and O–H groups in total. The van der Waals surface area contributed by atoms with Crippen LogP contribution in [-0.2, 0) is 0 Å². The quantitative estimate of drug-likeness (QED) is 0.434. The summed E-state index contributed by atoms with van der Waals surface area (Å²) in [5, 5.41) is 0. The van der Waals surface area contributed by atoms with Crippen LogP contribution < -0.4 is 0 Å². The van der Waals surface area contributed by atoms with Crippen LogP contribution in [0.2, 0.25) is 0 Å². The van der Waals surface area contributed by atoms with Gasteiger partial charge in [0.1, 0.15) is 0 Å². The Hall–Kier alpha value is -1.28. The minimum Gasteiger partial charge on any atom is -0.311 e. The van der Waals surface area contributed by atoms with Crippen LogP contribution in [0.3, 0.4) is 0 Å².